The molecule has 90 valence electrons. The predicted octanol–water partition coefficient (Wildman–Crippen LogP) is 0.775. The van der Waals surface area contributed by atoms with Crippen LogP contribution in [0.5, 0.6) is 0 Å². The molecule has 0 bridgehead atoms. The Balaban J connectivity index is 2.10. The second-order valence-corrected chi connectivity index (χ2v) is 4.52. The average Bonchev–Trinajstić information content (AvgIpc) is 2.83. The zero-order valence-electron chi connectivity index (χ0n) is 9.04. The number of nitrogen functional groups attached to an aromatic ring is 1. The summed E-state index contributed by atoms with van der Waals surface area (Å²) >= 11 is 1.20. The Bertz CT molecular complexity index is 751. The van der Waals surface area contributed by atoms with Crippen molar-refractivity contribution in [2.24, 2.45) is 0 Å². The molecule has 0 unspecified atom stereocenters. The van der Waals surface area contributed by atoms with Crippen molar-refractivity contribution in [2.75, 3.05) is 5.73 Å². The highest BCUT2D eigenvalue weighted by Crippen LogP contribution is 2.20. The highest BCUT2D eigenvalue weighted by atomic mass is 32.2. The number of fused-ring (bicyclic) bond motifs is 1. The maximum atomic E-state index is 11.9. The zero-order chi connectivity index (χ0) is 12.5. The van der Waals surface area contributed by atoms with E-state index in [1.807, 2.05) is 0 Å². The Morgan fingerprint density at radius 1 is 1.28 bits per heavy atom. The van der Waals surface area contributed by atoms with Gasteiger partial charge in [-0.05, 0) is 30.0 Å². The van der Waals surface area contributed by atoms with Crippen molar-refractivity contribution in [1.82, 2.24) is 25.1 Å². The van der Waals surface area contributed by atoms with Crippen LogP contribution in [-0.4, -0.2) is 25.1 Å². The monoisotopic (exact) mass is 260 g/mol. The normalized spacial score (nSPS) is 10.9. The van der Waals surface area contributed by atoms with E-state index in [1.54, 1.807) is 18.2 Å². The van der Waals surface area contributed by atoms with E-state index in [1.165, 1.54) is 18.1 Å². The topological polar surface area (TPSA) is 113 Å². The second kappa shape index (κ2) is 4.15. The predicted molar refractivity (Wildman–Crippen MR) is 67.3 cm³/mol. The van der Waals surface area contributed by atoms with Crippen LogP contribution in [0.15, 0.2) is 39.6 Å². The number of hydrogen-bond acceptors (Lipinski definition) is 6. The molecule has 3 rings (SSSR count). The molecular formula is C10H8N6OS. The van der Waals surface area contributed by atoms with Gasteiger partial charge in [-0.3, -0.25) is 9.89 Å². The molecule has 0 atom stereocenters. The lowest BCUT2D eigenvalue weighted by molar-refractivity contribution is 0.936. The van der Waals surface area contributed by atoms with Crippen molar-refractivity contribution < 1.29 is 0 Å². The van der Waals surface area contributed by atoms with Crippen LogP contribution < -0.4 is 11.3 Å². The Hall–Kier alpha value is -2.35. The molecule has 2 heterocycles. The Kier molecular flexibility index (Phi) is 2.49. The second-order valence-electron chi connectivity index (χ2n) is 3.54. The molecule has 0 fully saturated rings. The molecule has 0 aliphatic heterocycles. The highest BCUT2D eigenvalue weighted by Gasteiger charge is 2.07. The van der Waals surface area contributed by atoms with Gasteiger partial charge in [-0.2, -0.15) is 5.10 Å². The summed E-state index contributed by atoms with van der Waals surface area (Å²) in [6.07, 6.45) is 1.39. The molecule has 3 aromatic rings. The molecular weight excluding hydrogens is 252 g/mol. The lowest BCUT2D eigenvalue weighted by atomic mass is 10.2. The van der Waals surface area contributed by atoms with Gasteiger partial charge in [0.05, 0.1) is 10.9 Å². The molecule has 0 aliphatic carbocycles. The van der Waals surface area contributed by atoms with Crippen LogP contribution in [0.1, 0.15) is 0 Å². The number of hydrogen-bond donors (Lipinski definition) is 3. The summed E-state index contributed by atoms with van der Waals surface area (Å²) in [5.74, 6) is 0. The van der Waals surface area contributed by atoms with Crippen molar-refractivity contribution in [3.05, 3.63) is 34.9 Å². The minimum absolute atomic E-state index is 0.227. The van der Waals surface area contributed by atoms with Crippen LogP contribution in [0.4, 0.5) is 5.69 Å². The smallest absolute Gasteiger partial charge is 0.259 e. The van der Waals surface area contributed by atoms with Gasteiger partial charge in [-0.1, -0.05) is 0 Å². The molecule has 18 heavy (non-hydrogen) atoms. The minimum Gasteiger partial charge on any atom is -0.399 e. The molecule has 0 radical (unpaired) electrons. The molecule has 0 amide bonds. The zero-order valence-corrected chi connectivity index (χ0v) is 9.86. The molecule has 8 heteroatoms. The van der Waals surface area contributed by atoms with Gasteiger partial charge in [-0.25, -0.2) is 9.97 Å². The van der Waals surface area contributed by atoms with Crippen molar-refractivity contribution in [3.8, 4) is 0 Å². The average molecular weight is 260 g/mol. The molecule has 0 saturated carbocycles. The first-order valence-electron chi connectivity index (χ1n) is 5.05. The van der Waals surface area contributed by atoms with Crippen LogP contribution in [0.25, 0.3) is 10.9 Å². The van der Waals surface area contributed by atoms with E-state index < -0.39 is 0 Å². The van der Waals surface area contributed by atoms with Gasteiger partial charge in [0, 0.05) is 5.69 Å². The Morgan fingerprint density at radius 2 is 2.17 bits per heavy atom. The third-order valence-corrected chi connectivity index (χ3v) is 3.07. The number of nitrogens with one attached hydrogen (secondary N) is 2. The number of anilines is 1. The molecule has 0 aliphatic rings. The van der Waals surface area contributed by atoms with Gasteiger partial charge in [0.1, 0.15) is 6.33 Å². The lowest BCUT2D eigenvalue weighted by Crippen LogP contribution is -2.09. The minimum atomic E-state index is -0.227. The Morgan fingerprint density at radius 3 is 2.94 bits per heavy atom. The third-order valence-electron chi connectivity index (χ3n) is 2.29. The fourth-order valence-electron chi connectivity index (χ4n) is 1.52. The molecule has 0 spiro atoms. The van der Waals surface area contributed by atoms with Gasteiger partial charge in [-0.15, -0.1) is 0 Å². The van der Waals surface area contributed by atoms with Crippen molar-refractivity contribution in [2.45, 2.75) is 10.3 Å². The quantitative estimate of drug-likeness (QED) is 0.463. The molecule has 7 nitrogen and oxygen atoms in total. The van der Waals surface area contributed by atoms with E-state index in [0.29, 0.717) is 26.9 Å². The first-order valence-corrected chi connectivity index (χ1v) is 5.87. The standard InChI is InChI=1S/C10H8N6OS/c11-5-1-2-7-6(3-5)8(17)15-10(14-7)18-9-12-4-13-16-9/h1-4H,11H2,(H,12,13,16)(H,14,15,17). The van der Waals surface area contributed by atoms with Crippen LogP contribution >= 0.6 is 11.8 Å². The SMILES string of the molecule is Nc1ccc2nc(Sc3ncn[nH]3)[nH]c(=O)c2c1. The van der Waals surface area contributed by atoms with Crippen LogP contribution in [-0.2, 0) is 0 Å². The number of nitrogens with two attached hydrogens (primary N) is 1. The van der Waals surface area contributed by atoms with Crippen molar-refractivity contribution >= 4 is 28.4 Å². The van der Waals surface area contributed by atoms with E-state index in [9.17, 15) is 4.79 Å². The maximum absolute atomic E-state index is 11.9. The van der Waals surface area contributed by atoms with E-state index in [4.69, 9.17) is 5.73 Å². The number of aromatic amines is 2. The molecule has 0 saturated heterocycles. The number of benzene rings is 1. The van der Waals surface area contributed by atoms with Gasteiger partial charge < -0.3 is 10.7 Å². The summed E-state index contributed by atoms with van der Waals surface area (Å²) in [7, 11) is 0. The van der Waals surface area contributed by atoms with E-state index in [-0.39, 0.29) is 5.56 Å². The van der Waals surface area contributed by atoms with Crippen molar-refractivity contribution in [3.63, 3.8) is 0 Å². The van der Waals surface area contributed by atoms with Gasteiger partial charge in [0.25, 0.3) is 5.56 Å². The summed E-state index contributed by atoms with van der Waals surface area (Å²) in [5.41, 5.74) is 6.53. The first-order chi connectivity index (χ1) is 8.72. The van der Waals surface area contributed by atoms with Crippen LogP contribution in [0.3, 0.4) is 0 Å². The van der Waals surface area contributed by atoms with E-state index in [0.717, 1.165) is 0 Å². The van der Waals surface area contributed by atoms with Gasteiger partial charge >= 0.3 is 0 Å². The number of aromatic nitrogens is 5. The third kappa shape index (κ3) is 1.93. The van der Waals surface area contributed by atoms with E-state index >= 15 is 0 Å². The van der Waals surface area contributed by atoms with Gasteiger partial charge in [0.2, 0.25) is 0 Å². The maximum Gasteiger partial charge on any atom is 0.259 e. The Labute approximate surface area is 105 Å². The largest absolute Gasteiger partial charge is 0.399 e. The van der Waals surface area contributed by atoms with Crippen molar-refractivity contribution in [1.29, 1.82) is 0 Å². The molecule has 4 N–H and O–H groups in total. The number of rotatable bonds is 2. The van der Waals surface area contributed by atoms with Gasteiger partial charge in [0.15, 0.2) is 10.3 Å². The number of nitrogens with zero attached hydrogens (tertiary/aromatic N) is 3. The summed E-state index contributed by atoms with van der Waals surface area (Å²) in [6, 6.07) is 5.02. The molecule has 1 aromatic carbocycles. The lowest BCUT2D eigenvalue weighted by Gasteiger charge is -2.01. The highest BCUT2D eigenvalue weighted by molar-refractivity contribution is 7.99. The fourth-order valence-corrected chi connectivity index (χ4v) is 2.19. The summed E-state index contributed by atoms with van der Waals surface area (Å²) in [6.45, 7) is 0. The molecule has 2 aromatic heterocycles. The first kappa shape index (κ1) is 10.8. The summed E-state index contributed by atoms with van der Waals surface area (Å²) in [4.78, 5) is 22.8. The van der Waals surface area contributed by atoms with Crippen LogP contribution in [0.2, 0.25) is 0 Å². The summed E-state index contributed by atoms with van der Waals surface area (Å²) in [5, 5.41) is 7.89. The van der Waals surface area contributed by atoms with Crippen LogP contribution in [0, 0.1) is 0 Å². The van der Waals surface area contributed by atoms with E-state index in [2.05, 4.69) is 25.1 Å². The number of H-pyrrole nitrogens is 2. The fraction of sp³-hybridized carbons (Fsp3) is 0. The summed E-state index contributed by atoms with van der Waals surface area (Å²) < 4.78 is 0.